The first-order valence-electron chi connectivity index (χ1n) is 11.7. The third-order valence-corrected chi connectivity index (χ3v) is 7.62. The van der Waals surface area contributed by atoms with E-state index in [4.69, 9.17) is 9.72 Å². The summed E-state index contributed by atoms with van der Waals surface area (Å²) in [6.45, 7) is 10.7. The first-order valence-corrected chi connectivity index (χ1v) is 12.5. The van der Waals surface area contributed by atoms with Crippen LogP contribution in [0.1, 0.15) is 39.5 Å². The monoisotopic (exact) mass is 444 g/mol. The number of amides is 1. The van der Waals surface area contributed by atoms with Crippen LogP contribution in [0.25, 0.3) is 10.2 Å². The predicted octanol–water partition coefficient (Wildman–Crippen LogP) is 4.01. The van der Waals surface area contributed by atoms with E-state index >= 15 is 0 Å². The van der Waals surface area contributed by atoms with E-state index in [9.17, 15) is 4.79 Å². The number of benzene rings is 1. The van der Waals surface area contributed by atoms with Crippen LogP contribution in [0.5, 0.6) is 5.75 Å². The number of anilines is 1. The summed E-state index contributed by atoms with van der Waals surface area (Å²) in [5.41, 5.74) is 0.994. The van der Waals surface area contributed by atoms with Crippen LogP contribution in [0.15, 0.2) is 18.2 Å². The highest BCUT2D eigenvalue weighted by Gasteiger charge is 2.27. The molecule has 1 aromatic heterocycles. The van der Waals surface area contributed by atoms with Gasteiger partial charge < -0.3 is 19.9 Å². The maximum Gasteiger partial charge on any atom is 0.224 e. The van der Waals surface area contributed by atoms with Crippen molar-refractivity contribution in [3.05, 3.63) is 18.2 Å². The van der Waals surface area contributed by atoms with Gasteiger partial charge in [0.2, 0.25) is 5.91 Å². The Morgan fingerprint density at radius 2 is 2.06 bits per heavy atom. The van der Waals surface area contributed by atoms with E-state index in [1.807, 2.05) is 18.2 Å². The normalized spacial score (nSPS) is 25.0. The summed E-state index contributed by atoms with van der Waals surface area (Å²) in [4.78, 5) is 22.4. The molecule has 0 bridgehead atoms. The molecule has 1 N–H and O–H groups in total. The molecule has 2 fully saturated rings. The number of nitrogens with one attached hydrogen (secondary N) is 1. The Kier molecular flexibility index (Phi) is 7.33. The Morgan fingerprint density at radius 3 is 2.84 bits per heavy atom. The lowest BCUT2D eigenvalue weighted by Crippen LogP contribution is -2.44. The highest BCUT2D eigenvalue weighted by Crippen LogP contribution is 2.33. The van der Waals surface area contributed by atoms with Crippen LogP contribution in [0, 0.1) is 17.8 Å². The summed E-state index contributed by atoms with van der Waals surface area (Å²) in [5.74, 6) is 2.68. The molecule has 31 heavy (non-hydrogen) atoms. The average Bonchev–Trinajstić information content (AvgIpc) is 3.19. The van der Waals surface area contributed by atoms with E-state index in [1.54, 1.807) is 18.4 Å². The molecule has 2 aliphatic heterocycles. The molecule has 3 unspecified atom stereocenters. The van der Waals surface area contributed by atoms with Crippen molar-refractivity contribution in [3.63, 3.8) is 0 Å². The van der Waals surface area contributed by atoms with Crippen molar-refractivity contribution in [2.75, 3.05) is 51.3 Å². The molecular weight excluding hydrogens is 408 g/mol. The molecule has 2 aromatic rings. The van der Waals surface area contributed by atoms with Gasteiger partial charge in [-0.05, 0) is 62.3 Å². The van der Waals surface area contributed by atoms with E-state index in [1.165, 1.54) is 19.5 Å². The van der Waals surface area contributed by atoms with Gasteiger partial charge in [0.1, 0.15) is 5.75 Å². The van der Waals surface area contributed by atoms with Gasteiger partial charge in [0.15, 0.2) is 5.13 Å². The summed E-state index contributed by atoms with van der Waals surface area (Å²) in [7, 11) is 1.69. The SMILES string of the molecule is COc1ccc2nc(N3CCCC(C(=O)NCCCN4CC(C)CC(C)C4)C3)sc2c1. The zero-order valence-corrected chi connectivity index (χ0v) is 19.9. The number of carbonyl (C=O) groups excluding carboxylic acids is 1. The molecule has 3 heterocycles. The highest BCUT2D eigenvalue weighted by molar-refractivity contribution is 7.22. The second-order valence-electron chi connectivity index (χ2n) is 9.47. The Balaban J connectivity index is 1.26. The number of carbonyl (C=O) groups is 1. The summed E-state index contributed by atoms with van der Waals surface area (Å²) >= 11 is 1.68. The Hall–Kier alpha value is -1.86. The van der Waals surface area contributed by atoms with Gasteiger partial charge in [0.25, 0.3) is 0 Å². The first-order chi connectivity index (χ1) is 15.0. The topological polar surface area (TPSA) is 57.7 Å². The maximum atomic E-state index is 12.8. The summed E-state index contributed by atoms with van der Waals surface area (Å²) in [6.07, 6.45) is 4.36. The Labute approximate surface area is 190 Å². The molecule has 7 heteroatoms. The molecule has 0 spiro atoms. The van der Waals surface area contributed by atoms with Gasteiger partial charge >= 0.3 is 0 Å². The number of aromatic nitrogens is 1. The van der Waals surface area contributed by atoms with Crippen molar-refractivity contribution in [2.24, 2.45) is 17.8 Å². The number of thiazole rings is 1. The molecule has 0 radical (unpaired) electrons. The van der Waals surface area contributed by atoms with Gasteiger partial charge in [-0.1, -0.05) is 25.2 Å². The van der Waals surface area contributed by atoms with Crippen molar-refractivity contribution < 1.29 is 9.53 Å². The van der Waals surface area contributed by atoms with Crippen LogP contribution in [0.3, 0.4) is 0 Å². The van der Waals surface area contributed by atoms with E-state index in [0.29, 0.717) is 0 Å². The molecule has 170 valence electrons. The molecule has 1 amide bonds. The minimum absolute atomic E-state index is 0.0466. The number of nitrogens with zero attached hydrogens (tertiary/aromatic N) is 3. The molecule has 0 aliphatic carbocycles. The van der Waals surface area contributed by atoms with Gasteiger partial charge in [-0.15, -0.1) is 0 Å². The second-order valence-corrected chi connectivity index (χ2v) is 10.5. The number of hydrogen-bond acceptors (Lipinski definition) is 6. The number of methoxy groups -OCH3 is 1. The van der Waals surface area contributed by atoms with Crippen molar-refractivity contribution >= 4 is 32.6 Å². The summed E-state index contributed by atoms with van der Waals surface area (Å²) in [6, 6.07) is 5.99. The van der Waals surface area contributed by atoms with Crippen molar-refractivity contribution in [1.82, 2.24) is 15.2 Å². The zero-order chi connectivity index (χ0) is 21.8. The van der Waals surface area contributed by atoms with Gasteiger partial charge in [0, 0.05) is 32.7 Å². The third kappa shape index (κ3) is 5.69. The zero-order valence-electron chi connectivity index (χ0n) is 19.1. The summed E-state index contributed by atoms with van der Waals surface area (Å²) < 4.78 is 6.46. The molecule has 6 nitrogen and oxygen atoms in total. The highest BCUT2D eigenvalue weighted by atomic mass is 32.1. The molecule has 1 aromatic carbocycles. The molecule has 0 saturated carbocycles. The molecular formula is C24H36N4O2S. The number of rotatable bonds is 7. The van der Waals surface area contributed by atoms with Crippen LogP contribution in [0.4, 0.5) is 5.13 Å². The summed E-state index contributed by atoms with van der Waals surface area (Å²) in [5, 5.41) is 4.21. The fraction of sp³-hybridized carbons (Fsp3) is 0.667. The van der Waals surface area contributed by atoms with Crippen LogP contribution < -0.4 is 15.0 Å². The smallest absolute Gasteiger partial charge is 0.224 e. The van der Waals surface area contributed by atoms with Crippen molar-refractivity contribution in [3.8, 4) is 5.75 Å². The van der Waals surface area contributed by atoms with Crippen LogP contribution in [-0.4, -0.2) is 62.2 Å². The fourth-order valence-electron chi connectivity index (χ4n) is 5.15. The lowest BCUT2D eigenvalue weighted by molar-refractivity contribution is -0.125. The average molecular weight is 445 g/mol. The molecule has 2 saturated heterocycles. The third-order valence-electron chi connectivity index (χ3n) is 6.54. The fourth-order valence-corrected chi connectivity index (χ4v) is 6.18. The number of fused-ring (bicyclic) bond motifs is 1. The van der Waals surface area contributed by atoms with E-state index in [2.05, 4.69) is 29.0 Å². The van der Waals surface area contributed by atoms with E-state index in [0.717, 1.165) is 78.4 Å². The second kappa shape index (κ2) is 10.2. The van der Waals surface area contributed by atoms with Crippen molar-refractivity contribution in [2.45, 2.75) is 39.5 Å². The standard InChI is InChI=1S/C24H36N4O2S/c1-17-12-18(2)15-27(14-17)10-5-9-25-23(29)19-6-4-11-28(16-19)24-26-21-8-7-20(30-3)13-22(21)31-24/h7-8,13,17-19H,4-6,9-12,14-16H2,1-3H3,(H,25,29). The van der Waals surface area contributed by atoms with Gasteiger partial charge in [0.05, 0.1) is 23.2 Å². The Bertz CT molecular complexity index is 876. The van der Waals surface area contributed by atoms with E-state index in [-0.39, 0.29) is 11.8 Å². The quantitative estimate of drug-likeness (QED) is 0.654. The first kappa shape index (κ1) is 22.3. The minimum Gasteiger partial charge on any atom is -0.497 e. The van der Waals surface area contributed by atoms with Crippen LogP contribution in [0.2, 0.25) is 0 Å². The number of hydrogen-bond donors (Lipinski definition) is 1. The lowest BCUT2D eigenvalue weighted by atomic mass is 9.92. The van der Waals surface area contributed by atoms with Gasteiger partial charge in [-0.3, -0.25) is 4.79 Å². The number of likely N-dealkylation sites (tertiary alicyclic amines) is 1. The van der Waals surface area contributed by atoms with Crippen molar-refractivity contribution in [1.29, 1.82) is 0 Å². The molecule has 4 rings (SSSR count). The largest absolute Gasteiger partial charge is 0.497 e. The van der Waals surface area contributed by atoms with Gasteiger partial charge in [-0.2, -0.15) is 0 Å². The number of piperidine rings is 2. The number of ether oxygens (including phenoxy) is 1. The predicted molar refractivity (Wildman–Crippen MR) is 128 cm³/mol. The maximum absolute atomic E-state index is 12.8. The van der Waals surface area contributed by atoms with Crippen LogP contribution >= 0.6 is 11.3 Å². The Morgan fingerprint density at radius 1 is 1.26 bits per heavy atom. The van der Waals surface area contributed by atoms with Gasteiger partial charge in [-0.25, -0.2) is 4.98 Å². The molecule has 2 aliphatic rings. The molecule has 3 atom stereocenters. The van der Waals surface area contributed by atoms with E-state index < -0.39 is 0 Å². The van der Waals surface area contributed by atoms with Crippen LogP contribution in [-0.2, 0) is 4.79 Å². The minimum atomic E-state index is 0.0466. The lowest BCUT2D eigenvalue weighted by Gasteiger charge is -2.35.